The molecule has 33 heavy (non-hydrogen) atoms. The minimum atomic E-state index is -0.177. The van der Waals surface area contributed by atoms with Crippen molar-refractivity contribution >= 4 is 12.0 Å². The van der Waals surface area contributed by atoms with Gasteiger partial charge in [-0.1, -0.05) is 24.3 Å². The number of nitriles is 1. The molecule has 1 heterocycles. The Morgan fingerprint density at radius 2 is 1.97 bits per heavy atom. The second-order valence-electron chi connectivity index (χ2n) is 7.89. The zero-order valence-corrected chi connectivity index (χ0v) is 19.0. The van der Waals surface area contributed by atoms with E-state index in [-0.39, 0.29) is 12.5 Å². The van der Waals surface area contributed by atoms with Crippen LogP contribution in [0.5, 0.6) is 11.5 Å². The first-order chi connectivity index (χ1) is 16.1. The molecule has 2 aromatic carbocycles. The first-order valence-corrected chi connectivity index (χ1v) is 11.2. The van der Waals surface area contributed by atoms with Crippen LogP contribution < -0.4 is 14.8 Å². The number of nitrogens with one attached hydrogen (secondary N) is 1. The van der Waals surface area contributed by atoms with Gasteiger partial charge in [-0.2, -0.15) is 5.26 Å². The maximum Gasteiger partial charge on any atom is 0.244 e. The normalized spacial score (nSPS) is 14.2. The first-order valence-electron chi connectivity index (χ1n) is 11.2. The third-order valence-corrected chi connectivity index (χ3v) is 5.50. The fraction of sp³-hybridized carbons (Fsp3) is 0.385. The summed E-state index contributed by atoms with van der Waals surface area (Å²) in [7, 11) is 2.13. The minimum absolute atomic E-state index is 0.0111. The summed E-state index contributed by atoms with van der Waals surface area (Å²) < 4.78 is 16.6. The Bertz CT molecular complexity index is 947. The largest absolute Gasteiger partial charge is 0.492 e. The monoisotopic (exact) mass is 449 g/mol. The van der Waals surface area contributed by atoms with E-state index in [1.165, 1.54) is 6.08 Å². The van der Waals surface area contributed by atoms with Gasteiger partial charge in [-0.15, -0.1) is 0 Å². The Morgan fingerprint density at radius 1 is 1.18 bits per heavy atom. The third-order valence-electron chi connectivity index (χ3n) is 5.50. The van der Waals surface area contributed by atoms with Crippen molar-refractivity contribution in [1.29, 1.82) is 5.26 Å². The van der Waals surface area contributed by atoms with Gasteiger partial charge in [-0.3, -0.25) is 9.69 Å². The molecular formula is C26H31N3O4. The molecule has 3 rings (SSSR count). The molecular weight excluding hydrogens is 418 g/mol. The number of amides is 1. The Kier molecular flexibility index (Phi) is 9.77. The van der Waals surface area contributed by atoms with Gasteiger partial charge in [-0.25, -0.2) is 0 Å². The topological polar surface area (TPSA) is 83.8 Å². The van der Waals surface area contributed by atoms with Crippen LogP contribution in [0.4, 0.5) is 0 Å². The standard InChI is InChI=1S/C26H31N3O4/c1-29(23-11-15-31-16-12-23)14-18-33-25-4-2-3-22(19-25)20-28-26(30)10-7-21-5-8-24(9-6-21)32-17-13-27/h2-10,19,23H,11-12,14-18,20H2,1H3,(H,28,30)/b10-7+. The number of hydrogen-bond donors (Lipinski definition) is 1. The summed E-state index contributed by atoms with van der Waals surface area (Å²) in [4.78, 5) is 14.5. The van der Waals surface area contributed by atoms with Crippen LogP contribution in [0.25, 0.3) is 6.08 Å². The molecule has 1 fully saturated rings. The molecule has 1 saturated heterocycles. The van der Waals surface area contributed by atoms with Gasteiger partial charge in [0, 0.05) is 38.4 Å². The highest BCUT2D eigenvalue weighted by Gasteiger charge is 2.17. The lowest BCUT2D eigenvalue weighted by Gasteiger charge is -2.31. The van der Waals surface area contributed by atoms with Crippen LogP contribution in [0.2, 0.25) is 0 Å². The van der Waals surface area contributed by atoms with Crippen LogP contribution in [-0.4, -0.2) is 56.9 Å². The predicted molar refractivity (Wildman–Crippen MR) is 127 cm³/mol. The molecule has 7 heteroatoms. The zero-order valence-electron chi connectivity index (χ0n) is 19.0. The molecule has 174 valence electrons. The van der Waals surface area contributed by atoms with E-state index in [9.17, 15) is 4.79 Å². The Hall–Kier alpha value is -3.34. The second-order valence-corrected chi connectivity index (χ2v) is 7.89. The lowest BCUT2D eigenvalue weighted by atomic mass is 10.1. The lowest BCUT2D eigenvalue weighted by molar-refractivity contribution is -0.116. The van der Waals surface area contributed by atoms with Crippen molar-refractivity contribution in [3.63, 3.8) is 0 Å². The van der Waals surface area contributed by atoms with Crippen LogP contribution in [0.3, 0.4) is 0 Å². The van der Waals surface area contributed by atoms with Gasteiger partial charge in [0.1, 0.15) is 24.2 Å². The van der Waals surface area contributed by atoms with Crippen LogP contribution in [-0.2, 0) is 16.1 Å². The summed E-state index contributed by atoms with van der Waals surface area (Å²) >= 11 is 0. The Balaban J connectivity index is 1.40. The van der Waals surface area contributed by atoms with E-state index in [1.54, 1.807) is 18.2 Å². The maximum atomic E-state index is 12.2. The molecule has 1 aliphatic rings. The van der Waals surface area contributed by atoms with Gasteiger partial charge >= 0.3 is 0 Å². The SMILES string of the molecule is CN(CCOc1cccc(CNC(=O)/C=C/c2ccc(OCC#N)cc2)c1)C1CCOCC1. The summed E-state index contributed by atoms with van der Waals surface area (Å²) in [6.45, 7) is 3.59. The molecule has 1 N–H and O–H groups in total. The average Bonchev–Trinajstić information content (AvgIpc) is 2.86. The van der Waals surface area contributed by atoms with Crippen molar-refractivity contribution in [3.05, 3.63) is 65.7 Å². The number of carbonyl (C=O) groups is 1. The number of nitrogens with zero attached hydrogens (tertiary/aromatic N) is 2. The van der Waals surface area contributed by atoms with Crippen molar-refractivity contribution in [2.45, 2.75) is 25.4 Å². The molecule has 7 nitrogen and oxygen atoms in total. The van der Waals surface area contributed by atoms with Crippen molar-refractivity contribution in [2.24, 2.45) is 0 Å². The number of likely N-dealkylation sites (N-methyl/N-ethyl adjacent to an activating group) is 1. The summed E-state index contributed by atoms with van der Waals surface area (Å²) in [5.41, 5.74) is 1.85. The van der Waals surface area contributed by atoms with E-state index in [0.717, 1.165) is 49.5 Å². The van der Waals surface area contributed by atoms with Gasteiger partial charge in [0.15, 0.2) is 6.61 Å². The van der Waals surface area contributed by atoms with Gasteiger partial charge in [0.25, 0.3) is 0 Å². The molecule has 0 aliphatic carbocycles. The highest BCUT2D eigenvalue weighted by molar-refractivity contribution is 5.91. The van der Waals surface area contributed by atoms with E-state index < -0.39 is 0 Å². The fourth-order valence-corrected chi connectivity index (χ4v) is 3.57. The number of ether oxygens (including phenoxy) is 3. The first kappa shape index (κ1) is 24.3. The summed E-state index contributed by atoms with van der Waals surface area (Å²) in [5.74, 6) is 1.25. The number of benzene rings is 2. The summed E-state index contributed by atoms with van der Waals surface area (Å²) in [6, 6.07) is 17.5. The van der Waals surface area contributed by atoms with E-state index in [0.29, 0.717) is 24.9 Å². The van der Waals surface area contributed by atoms with Gasteiger partial charge in [-0.05, 0) is 61.4 Å². The molecule has 0 unspecified atom stereocenters. The Labute approximate surface area is 195 Å². The van der Waals surface area contributed by atoms with E-state index >= 15 is 0 Å². The molecule has 0 radical (unpaired) electrons. The maximum absolute atomic E-state index is 12.2. The molecule has 0 spiro atoms. The van der Waals surface area contributed by atoms with Crippen LogP contribution in [0.1, 0.15) is 24.0 Å². The van der Waals surface area contributed by atoms with Crippen molar-refractivity contribution in [2.75, 3.05) is 40.0 Å². The molecule has 0 aromatic heterocycles. The third kappa shape index (κ3) is 8.60. The minimum Gasteiger partial charge on any atom is -0.492 e. The molecule has 2 aromatic rings. The zero-order chi connectivity index (χ0) is 23.3. The van der Waals surface area contributed by atoms with Gasteiger partial charge < -0.3 is 19.5 Å². The van der Waals surface area contributed by atoms with Crippen molar-refractivity contribution < 1.29 is 19.0 Å². The van der Waals surface area contributed by atoms with Gasteiger partial charge in [0.2, 0.25) is 5.91 Å². The fourth-order valence-electron chi connectivity index (χ4n) is 3.57. The number of hydrogen-bond acceptors (Lipinski definition) is 6. The average molecular weight is 450 g/mol. The summed E-state index contributed by atoms with van der Waals surface area (Å²) in [6.07, 6.45) is 5.37. The highest BCUT2D eigenvalue weighted by Crippen LogP contribution is 2.16. The lowest BCUT2D eigenvalue weighted by Crippen LogP contribution is -2.38. The Morgan fingerprint density at radius 3 is 2.73 bits per heavy atom. The highest BCUT2D eigenvalue weighted by atomic mass is 16.5. The van der Waals surface area contributed by atoms with E-state index in [4.69, 9.17) is 19.5 Å². The van der Waals surface area contributed by atoms with Crippen LogP contribution in [0.15, 0.2) is 54.6 Å². The van der Waals surface area contributed by atoms with Gasteiger partial charge in [0.05, 0.1) is 0 Å². The molecule has 0 atom stereocenters. The quantitative estimate of drug-likeness (QED) is 0.530. The smallest absolute Gasteiger partial charge is 0.244 e. The second kappa shape index (κ2) is 13.3. The number of carbonyl (C=O) groups excluding carboxylic acids is 1. The van der Waals surface area contributed by atoms with E-state index in [1.807, 2.05) is 42.5 Å². The predicted octanol–water partition coefficient (Wildman–Crippen LogP) is 3.41. The molecule has 0 bridgehead atoms. The van der Waals surface area contributed by atoms with E-state index in [2.05, 4.69) is 17.3 Å². The molecule has 1 aliphatic heterocycles. The van der Waals surface area contributed by atoms with Crippen molar-refractivity contribution in [1.82, 2.24) is 10.2 Å². The van der Waals surface area contributed by atoms with Crippen LogP contribution in [0, 0.1) is 11.3 Å². The number of rotatable bonds is 11. The van der Waals surface area contributed by atoms with Crippen LogP contribution >= 0.6 is 0 Å². The van der Waals surface area contributed by atoms with Crippen molar-refractivity contribution in [3.8, 4) is 17.6 Å². The molecule has 1 amide bonds. The summed E-state index contributed by atoms with van der Waals surface area (Å²) in [5, 5.41) is 11.4. The molecule has 0 saturated carbocycles.